The summed E-state index contributed by atoms with van der Waals surface area (Å²) in [6, 6.07) is 0. The second-order valence-electron chi connectivity index (χ2n) is 3.46. The molecule has 0 aliphatic carbocycles. The molecule has 0 rings (SSSR count). The van der Waals surface area contributed by atoms with E-state index in [9.17, 15) is 0 Å². The topological polar surface area (TPSA) is 15.6 Å². The SMILES string of the molecule is C=C(C(C)C)N(C)C/C(C)=N/C. The Morgan fingerprint density at radius 1 is 1.50 bits per heavy atom. The van der Waals surface area contributed by atoms with Crippen LogP contribution in [0.2, 0.25) is 0 Å². The van der Waals surface area contributed by atoms with Crippen LogP contribution in [0.5, 0.6) is 0 Å². The molecule has 0 aliphatic rings. The van der Waals surface area contributed by atoms with Crippen LogP contribution in [0.1, 0.15) is 20.8 Å². The fraction of sp³-hybridized carbons (Fsp3) is 0.700. The zero-order valence-electron chi connectivity index (χ0n) is 8.89. The summed E-state index contributed by atoms with van der Waals surface area (Å²) in [7, 11) is 3.87. The summed E-state index contributed by atoms with van der Waals surface area (Å²) < 4.78 is 0. The van der Waals surface area contributed by atoms with Crippen LogP contribution in [-0.4, -0.2) is 31.3 Å². The lowest BCUT2D eigenvalue weighted by atomic mass is 10.1. The molecule has 0 spiro atoms. The molecule has 0 N–H and O–H groups in total. The van der Waals surface area contributed by atoms with Crippen LogP contribution in [0.15, 0.2) is 17.3 Å². The summed E-state index contributed by atoms with van der Waals surface area (Å²) in [5.74, 6) is 0.514. The van der Waals surface area contributed by atoms with Crippen LogP contribution in [0.3, 0.4) is 0 Å². The van der Waals surface area contributed by atoms with E-state index in [4.69, 9.17) is 0 Å². The Kier molecular flexibility index (Phi) is 4.64. The van der Waals surface area contributed by atoms with Crippen LogP contribution in [0.25, 0.3) is 0 Å². The van der Waals surface area contributed by atoms with Crippen LogP contribution in [0, 0.1) is 5.92 Å². The van der Waals surface area contributed by atoms with Crippen LogP contribution in [0.4, 0.5) is 0 Å². The Labute approximate surface area is 76.0 Å². The highest BCUT2D eigenvalue weighted by Gasteiger charge is 2.06. The molecule has 0 heterocycles. The first kappa shape index (κ1) is 11.2. The van der Waals surface area contributed by atoms with Gasteiger partial charge in [-0.05, 0) is 12.8 Å². The van der Waals surface area contributed by atoms with Gasteiger partial charge in [-0.15, -0.1) is 0 Å². The summed E-state index contributed by atoms with van der Waals surface area (Å²) in [5, 5.41) is 0. The van der Waals surface area contributed by atoms with Gasteiger partial charge in [0.1, 0.15) is 0 Å². The molecule has 2 nitrogen and oxygen atoms in total. The predicted octanol–water partition coefficient (Wildman–Crippen LogP) is 2.18. The van der Waals surface area contributed by atoms with Crippen molar-refractivity contribution in [2.24, 2.45) is 10.9 Å². The first-order chi connectivity index (χ1) is 5.49. The van der Waals surface area contributed by atoms with Crippen LogP contribution >= 0.6 is 0 Å². The van der Waals surface area contributed by atoms with Crippen molar-refractivity contribution in [2.75, 3.05) is 20.6 Å². The van der Waals surface area contributed by atoms with E-state index in [1.807, 2.05) is 14.0 Å². The van der Waals surface area contributed by atoms with Gasteiger partial charge < -0.3 is 4.90 Å². The van der Waals surface area contributed by atoms with E-state index in [1.165, 1.54) is 0 Å². The standard InChI is InChI=1S/C10H20N2/c1-8(2)10(4)12(6)7-9(3)11-5/h8H,4,7H2,1-3,5-6H3/b11-9+. The van der Waals surface area contributed by atoms with Crippen molar-refractivity contribution in [1.82, 2.24) is 4.90 Å². The van der Waals surface area contributed by atoms with Crippen LogP contribution in [-0.2, 0) is 0 Å². The molecule has 0 aromatic rings. The molecule has 0 aromatic heterocycles. The molecule has 0 bridgehead atoms. The predicted molar refractivity (Wildman–Crippen MR) is 55.6 cm³/mol. The Balaban J connectivity index is 4.04. The van der Waals surface area contributed by atoms with Gasteiger partial charge in [-0.25, -0.2) is 0 Å². The van der Waals surface area contributed by atoms with Crippen molar-refractivity contribution in [1.29, 1.82) is 0 Å². The quantitative estimate of drug-likeness (QED) is 0.587. The first-order valence-corrected chi connectivity index (χ1v) is 4.31. The molecule has 0 saturated heterocycles. The Hall–Kier alpha value is -0.790. The van der Waals surface area contributed by atoms with Gasteiger partial charge in [0.2, 0.25) is 0 Å². The van der Waals surface area contributed by atoms with Gasteiger partial charge in [-0.3, -0.25) is 4.99 Å². The van der Waals surface area contributed by atoms with Gasteiger partial charge in [-0.1, -0.05) is 20.4 Å². The highest BCUT2D eigenvalue weighted by molar-refractivity contribution is 5.83. The van der Waals surface area contributed by atoms with Gasteiger partial charge in [-0.2, -0.15) is 0 Å². The number of rotatable bonds is 4. The first-order valence-electron chi connectivity index (χ1n) is 4.31. The molecule has 0 atom stereocenters. The van der Waals surface area contributed by atoms with Crippen molar-refractivity contribution in [3.8, 4) is 0 Å². The highest BCUT2D eigenvalue weighted by Crippen LogP contribution is 2.10. The maximum atomic E-state index is 4.10. The summed E-state index contributed by atoms with van der Waals surface area (Å²) in [5.41, 5.74) is 2.30. The molecule has 70 valence electrons. The number of aliphatic imine (C=N–C) groups is 1. The zero-order valence-corrected chi connectivity index (χ0v) is 8.89. The minimum absolute atomic E-state index is 0.514. The maximum Gasteiger partial charge on any atom is 0.0548 e. The molecule has 12 heavy (non-hydrogen) atoms. The second-order valence-corrected chi connectivity index (χ2v) is 3.46. The normalized spacial score (nSPS) is 12.0. The molecule has 0 fully saturated rings. The number of nitrogens with zero attached hydrogens (tertiary/aromatic N) is 2. The highest BCUT2D eigenvalue weighted by atomic mass is 15.1. The van der Waals surface area contributed by atoms with E-state index in [0.29, 0.717) is 5.92 Å². The molecule has 0 amide bonds. The minimum Gasteiger partial charge on any atom is -0.373 e. The van der Waals surface area contributed by atoms with Crippen molar-refractivity contribution in [3.63, 3.8) is 0 Å². The fourth-order valence-electron chi connectivity index (χ4n) is 0.956. The van der Waals surface area contributed by atoms with Crippen molar-refractivity contribution >= 4 is 5.71 Å². The summed E-state index contributed by atoms with van der Waals surface area (Å²) in [6.07, 6.45) is 0. The third-order valence-electron chi connectivity index (χ3n) is 2.00. The Bertz CT molecular complexity index is 180. The third kappa shape index (κ3) is 3.56. The van der Waals surface area contributed by atoms with E-state index in [-0.39, 0.29) is 0 Å². The lowest BCUT2D eigenvalue weighted by Gasteiger charge is -2.24. The van der Waals surface area contributed by atoms with Gasteiger partial charge in [0, 0.05) is 25.5 Å². The Morgan fingerprint density at radius 3 is 2.33 bits per heavy atom. The summed E-state index contributed by atoms with van der Waals surface area (Å²) >= 11 is 0. The Morgan fingerprint density at radius 2 is 2.00 bits per heavy atom. The molecular formula is C10H20N2. The van der Waals surface area contributed by atoms with E-state index in [0.717, 1.165) is 18.0 Å². The lowest BCUT2D eigenvalue weighted by Crippen LogP contribution is -2.25. The maximum absolute atomic E-state index is 4.10. The molecule has 2 heteroatoms. The monoisotopic (exact) mass is 168 g/mol. The molecule has 0 saturated carbocycles. The summed E-state index contributed by atoms with van der Waals surface area (Å²) in [4.78, 5) is 6.25. The van der Waals surface area contributed by atoms with Crippen molar-refractivity contribution in [3.05, 3.63) is 12.3 Å². The van der Waals surface area contributed by atoms with E-state index < -0.39 is 0 Å². The van der Waals surface area contributed by atoms with Crippen molar-refractivity contribution < 1.29 is 0 Å². The van der Waals surface area contributed by atoms with E-state index in [2.05, 4.69) is 37.4 Å². The van der Waals surface area contributed by atoms with E-state index >= 15 is 0 Å². The smallest absolute Gasteiger partial charge is 0.0548 e. The molecule has 0 radical (unpaired) electrons. The largest absolute Gasteiger partial charge is 0.373 e. The van der Waals surface area contributed by atoms with Crippen molar-refractivity contribution in [2.45, 2.75) is 20.8 Å². The molecular weight excluding hydrogens is 148 g/mol. The fourth-order valence-corrected chi connectivity index (χ4v) is 0.956. The van der Waals surface area contributed by atoms with Gasteiger partial charge >= 0.3 is 0 Å². The number of allylic oxidation sites excluding steroid dienone is 1. The molecule has 0 aromatic carbocycles. The lowest BCUT2D eigenvalue weighted by molar-refractivity contribution is 0.422. The molecule has 0 aliphatic heterocycles. The van der Waals surface area contributed by atoms with Gasteiger partial charge in [0.15, 0.2) is 0 Å². The van der Waals surface area contributed by atoms with E-state index in [1.54, 1.807) is 0 Å². The zero-order chi connectivity index (χ0) is 9.72. The average molecular weight is 168 g/mol. The molecule has 0 unspecified atom stereocenters. The van der Waals surface area contributed by atoms with Crippen LogP contribution < -0.4 is 0 Å². The van der Waals surface area contributed by atoms with Gasteiger partial charge in [0.05, 0.1) is 6.54 Å². The minimum atomic E-state index is 0.514. The third-order valence-corrected chi connectivity index (χ3v) is 2.00. The second kappa shape index (κ2) is 4.96. The number of hydrogen-bond acceptors (Lipinski definition) is 2. The average Bonchev–Trinajstić information content (AvgIpc) is 2.02. The number of hydrogen-bond donors (Lipinski definition) is 0. The summed E-state index contributed by atoms with van der Waals surface area (Å²) in [6.45, 7) is 11.2. The van der Waals surface area contributed by atoms with Gasteiger partial charge in [0.25, 0.3) is 0 Å².